The van der Waals surface area contributed by atoms with Crippen LogP contribution in [0.4, 0.5) is 4.79 Å². The lowest BCUT2D eigenvalue weighted by Gasteiger charge is -2.35. The predicted octanol–water partition coefficient (Wildman–Crippen LogP) is 1.23. The number of thiol groups is 1. The van der Waals surface area contributed by atoms with Crippen LogP contribution in [0, 0.1) is 0 Å². The summed E-state index contributed by atoms with van der Waals surface area (Å²) in [5.41, 5.74) is 0. The van der Waals surface area contributed by atoms with Crippen molar-refractivity contribution in [3.8, 4) is 0 Å². The summed E-state index contributed by atoms with van der Waals surface area (Å²) in [5.74, 6) is 0. The summed E-state index contributed by atoms with van der Waals surface area (Å²) < 4.78 is 0. The van der Waals surface area contributed by atoms with Gasteiger partial charge in [0.05, 0.1) is 0 Å². The molecule has 2 saturated carbocycles. The molecule has 2 aliphatic rings. The predicted molar refractivity (Wildman–Crippen MR) is 61.5 cm³/mol. The minimum absolute atomic E-state index is 0.145. The summed E-state index contributed by atoms with van der Waals surface area (Å²) in [4.78, 5) is 10.5. The van der Waals surface area contributed by atoms with E-state index in [1.807, 2.05) is 0 Å². The van der Waals surface area contributed by atoms with Crippen molar-refractivity contribution in [1.82, 2.24) is 10.6 Å². The van der Waals surface area contributed by atoms with E-state index in [4.69, 9.17) is 5.11 Å². The van der Waals surface area contributed by atoms with Crippen LogP contribution in [-0.4, -0.2) is 34.6 Å². The van der Waals surface area contributed by atoms with Crippen molar-refractivity contribution in [1.29, 1.82) is 0 Å². The first-order chi connectivity index (χ1) is 7.13. The van der Waals surface area contributed by atoms with Gasteiger partial charge in [-0.1, -0.05) is 0 Å². The number of carboxylic acid groups (broad SMARTS) is 1. The SMILES string of the molecule is O=C(O)N[C@H]1CC[C@H](NC2CC(S)C2)C1. The second kappa shape index (κ2) is 4.61. The Morgan fingerprint density at radius 2 is 1.80 bits per heavy atom. The molecule has 3 N–H and O–H groups in total. The third kappa shape index (κ3) is 3.01. The van der Waals surface area contributed by atoms with Crippen LogP contribution in [-0.2, 0) is 0 Å². The molecule has 2 rings (SSSR count). The molecule has 0 spiro atoms. The molecule has 0 unspecified atom stereocenters. The van der Waals surface area contributed by atoms with Crippen LogP contribution in [0.2, 0.25) is 0 Å². The molecule has 5 heteroatoms. The van der Waals surface area contributed by atoms with Crippen molar-refractivity contribution in [2.45, 2.75) is 55.5 Å². The molecule has 15 heavy (non-hydrogen) atoms. The van der Waals surface area contributed by atoms with E-state index in [0.29, 0.717) is 17.3 Å². The summed E-state index contributed by atoms with van der Waals surface area (Å²) in [6, 6.07) is 1.25. The molecule has 4 nitrogen and oxygen atoms in total. The Labute approximate surface area is 95.2 Å². The van der Waals surface area contributed by atoms with Gasteiger partial charge >= 0.3 is 6.09 Å². The first-order valence-corrected chi connectivity index (χ1v) is 6.08. The fraction of sp³-hybridized carbons (Fsp3) is 0.900. The first kappa shape index (κ1) is 11.1. The van der Waals surface area contributed by atoms with Gasteiger partial charge < -0.3 is 15.7 Å². The zero-order valence-electron chi connectivity index (χ0n) is 8.65. The summed E-state index contributed by atoms with van der Waals surface area (Å²) >= 11 is 4.37. The van der Waals surface area contributed by atoms with Crippen LogP contribution in [0.3, 0.4) is 0 Å². The van der Waals surface area contributed by atoms with Gasteiger partial charge in [0.2, 0.25) is 0 Å². The number of rotatable bonds is 3. The molecule has 0 saturated heterocycles. The molecule has 2 atom stereocenters. The Hall–Kier alpha value is -0.420. The largest absolute Gasteiger partial charge is 0.465 e. The molecule has 0 bridgehead atoms. The fourth-order valence-corrected chi connectivity index (χ4v) is 3.00. The Balaban J connectivity index is 1.66. The third-order valence-electron chi connectivity index (χ3n) is 3.34. The Morgan fingerprint density at radius 1 is 1.13 bits per heavy atom. The number of carbonyl (C=O) groups is 1. The molecule has 0 aromatic heterocycles. The van der Waals surface area contributed by atoms with E-state index in [0.717, 1.165) is 32.1 Å². The highest BCUT2D eigenvalue weighted by atomic mass is 32.1. The first-order valence-electron chi connectivity index (χ1n) is 5.57. The summed E-state index contributed by atoms with van der Waals surface area (Å²) in [6.07, 6.45) is 4.37. The molecule has 2 aliphatic carbocycles. The quantitative estimate of drug-likeness (QED) is 0.551. The lowest BCUT2D eigenvalue weighted by atomic mass is 9.91. The topological polar surface area (TPSA) is 61.4 Å². The van der Waals surface area contributed by atoms with Crippen molar-refractivity contribution < 1.29 is 9.90 Å². The number of amides is 1. The molecule has 86 valence electrons. The molecular weight excluding hydrogens is 212 g/mol. The molecule has 0 heterocycles. The zero-order valence-corrected chi connectivity index (χ0v) is 9.54. The van der Waals surface area contributed by atoms with E-state index in [2.05, 4.69) is 23.3 Å². The van der Waals surface area contributed by atoms with Crippen LogP contribution < -0.4 is 10.6 Å². The lowest BCUT2D eigenvalue weighted by molar-refractivity contribution is 0.189. The van der Waals surface area contributed by atoms with Crippen molar-refractivity contribution in [2.24, 2.45) is 0 Å². The molecular formula is C10H18N2O2S. The maximum Gasteiger partial charge on any atom is 0.404 e. The maximum absolute atomic E-state index is 10.5. The van der Waals surface area contributed by atoms with Gasteiger partial charge in [-0.3, -0.25) is 0 Å². The number of hydrogen-bond donors (Lipinski definition) is 4. The Bertz CT molecular complexity index is 244. The summed E-state index contributed by atoms with van der Waals surface area (Å²) in [7, 11) is 0. The van der Waals surface area contributed by atoms with Gasteiger partial charge in [0, 0.05) is 23.4 Å². The molecule has 0 radical (unpaired) electrons. The monoisotopic (exact) mass is 230 g/mol. The smallest absolute Gasteiger partial charge is 0.404 e. The second-order valence-electron chi connectivity index (χ2n) is 4.65. The molecule has 1 amide bonds. The van der Waals surface area contributed by atoms with Gasteiger partial charge in [0.15, 0.2) is 0 Å². The normalized spacial score (nSPS) is 39.8. The average Bonchev–Trinajstić information content (AvgIpc) is 2.48. The maximum atomic E-state index is 10.5. The van der Waals surface area contributed by atoms with E-state index < -0.39 is 6.09 Å². The average molecular weight is 230 g/mol. The minimum atomic E-state index is -0.903. The van der Waals surface area contributed by atoms with Crippen molar-refractivity contribution in [3.05, 3.63) is 0 Å². The highest BCUT2D eigenvalue weighted by Crippen LogP contribution is 2.28. The van der Waals surface area contributed by atoms with E-state index in [9.17, 15) is 4.79 Å². The second-order valence-corrected chi connectivity index (χ2v) is 5.38. The van der Waals surface area contributed by atoms with Crippen molar-refractivity contribution in [2.75, 3.05) is 0 Å². The highest BCUT2D eigenvalue weighted by molar-refractivity contribution is 7.81. The van der Waals surface area contributed by atoms with Gasteiger partial charge in [0.1, 0.15) is 0 Å². The van der Waals surface area contributed by atoms with Crippen LogP contribution in [0.1, 0.15) is 32.1 Å². The van der Waals surface area contributed by atoms with Gasteiger partial charge in [-0.05, 0) is 32.1 Å². The fourth-order valence-electron chi connectivity index (χ4n) is 2.50. The van der Waals surface area contributed by atoms with Crippen LogP contribution in [0.5, 0.6) is 0 Å². The summed E-state index contributed by atoms with van der Waals surface area (Å²) in [5, 5.41) is 15.3. The number of hydrogen-bond acceptors (Lipinski definition) is 3. The summed E-state index contributed by atoms with van der Waals surface area (Å²) in [6.45, 7) is 0. The lowest BCUT2D eigenvalue weighted by Crippen LogP contribution is -2.46. The molecule has 0 aromatic rings. The van der Waals surface area contributed by atoms with E-state index in [1.54, 1.807) is 0 Å². The van der Waals surface area contributed by atoms with Gasteiger partial charge in [-0.15, -0.1) is 0 Å². The van der Waals surface area contributed by atoms with Gasteiger partial charge in [-0.2, -0.15) is 12.6 Å². The van der Waals surface area contributed by atoms with Crippen LogP contribution >= 0.6 is 12.6 Å². The standard InChI is InChI=1S/C10H18N2O2S/c13-10(14)12-7-2-1-6(3-7)11-8-4-9(15)5-8/h6-9,11-12,15H,1-5H2,(H,13,14)/t6-,7-,8?,9?/m0/s1. The van der Waals surface area contributed by atoms with Gasteiger partial charge in [-0.25, -0.2) is 4.79 Å². The van der Waals surface area contributed by atoms with E-state index in [-0.39, 0.29) is 6.04 Å². The van der Waals surface area contributed by atoms with Crippen molar-refractivity contribution in [3.63, 3.8) is 0 Å². The van der Waals surface area contributed by atoms with E-state index >= 15 is 0 Å². The third-order valence-corrected chi connectivity index (χ3v) is 3.77. The van der Waals surface area contributed by atoms with Crippen molar-refractivity contribution >= 4 is 18.7 Å². The van der Waals surface area contributed by atoms with E-state index in [1.165, 1.54) is 0 Å². The van der Waals surface area contributed by atoms with Crippen LogP contribution in [0.15, 0.2) is 0 Å². The molecule has 0 aliphatic heterocycles. The molecule has 2 fully saturated rings. The highest BCUT2D eigenvalue weighted by Gasteiger charge is 2.31. The Kier molecular flexibility index (Phi) is 3.41. The Morgan fingerprint density at radius 3 is 2.40 bits per heavy atom. The number of nitrogens with one attached hydrogen (secondary N) is 2. The van der Waals surface area contributed by atoms with Gasteiger partial charge in [0.25, 0.3) is 0 Å². The zero-order chi connectivity index (χ0) is 10.8. The minimum Gasteiger partial charge on any atom is -0.465 e. The van der Waals surface area contributed by atoms with Crippen LogP contribution in [0.25, 0.3) is 0 Å². The molecule has 0 aromatic carbocycles.